The van der Waals surface area contributed by atoms with Crippen LogP contribution in [0, 0.1) is 16.0 Å². The fourth-order valence-corrected chi connectivity index (χ4v) is 2.57. The summed E-state index contributed by atoms with van der Waals surface area (Å²) in [6.07, 6.45) is 3.56. The maximum absolute atomic E-state index is 10.5. The van der Waals surface area contributed by atoms with Crippen molar-refractivity contribution >= 4 is 28.7 Å². The highest BCUT2D eigenvalue weighted by molar-refractivity contribution is 7.15. The summed E-state index contributed by atoms with van der Waals surface area (Å²) in [4.78, 5) is 11.1. The van der Waals surface area contributed by atoms with Gasteiger partial charge in [-0.15, -0.1) is 12.4 Å². The normalized spacial score (nSPS) is 17.7. The van der Waals surface area contributed by atoms with E-state index in [-0.39, 0.29) is 28.4 Å². The highest BCUT2D eigenvalue weighted by atomic mass is 35.5. The number of nitrogens with two attached hydrogens (primary N) is 1. The Labute approximate surface area is 98.0 Å². The van der Waals surface area contributed by atoms with Crippen molar-refractivity contribution < 1.29 is 4.92 Å². The molecule has 0 bridgehead atoms. The molecule has 0 amide bonds. The molecule has 0 saturated heterocycles. The number of thiophene rings is 1. The minimum atomic E-state index is -0.359. The Morgan fingerprint density at radius 3 is 2.60 bits per heavy atom. The molecule has 1 fully saturated rings. The average molecular weight is 249 g/mol. The molecule has 1 aliphatic carbocycles. The second kappa shape index (κ2) is 4.92. The zero-order chi connectivity index (χ0) is 10.1. The van der Waals surface area contributed by atoms with E-state index in [4.69, 9.17) is 5.73 Å². The van der Waals surface area contributed by atoms with Crippen LogP contribution in [0.3, 0.4) is 0 Å². The Bertz CT molecular complexity index is 352. The molecule has 0 spiro atoms. The summed E-state index contributed by atoms with van der Waals surface area (Å²) in [6.45, 7) is 0. The van der Waals surface area contributed by atoms with Gasteiger partial charge in [0.25, 0.3) is 0 Å². The molecular formula is C9H13ClN2O2S. The lowest BCUT2D eigenvalue weighted by Crippen LogP contribution is -2.25. The maximum atomic E-state index is 10.5. The molecule has 0 unspecified atom stereocenters. The van der Waals surface area contributed by atoms with Crippen LogP contribution in [0.4, 0.5) is 5.00 Å². The number of rotatable bonds is 3. The van der Waals surface area contributed by atoms with E-state index < -0.39 is 0 Å². The first-order valence-electron chi connectivity index (χ1n) is 4.68. The first-order valence-corrected chi connectivity index (χ1v) is 5.50. The number of nitrogens with zero attached hydrogens (tertiary/aromatic N) is 1. The van der Waals surface area contributed by atoms with E-state index in [1.54, 1.807) is 12.1 Å². The zero-order valence-corrected chi connectivity index (χ0v) is 9.72. The first kappa shape index (κ1) is 12.4. The first-order chi connectivity index (χ1) is 6.68. The lowest BCUT2D eigenvalue weighted by atomic mass is 9.79. The van der Waals surface area contributed by atoms with E-state index in [1.165, 1.54) is 17.8 Å². The molecule has 1 saturated carbocycles. The molecule has 2 N–H and O–H groups in total. The summed E-state index contributed by atoms with van der Waals surface area (Å²) < 4.78 is 0. The molecular weight excluding hydrogens is 236 g/mol. The Morgan fingerprint density at radius 1 is 1.53 bits per heavy atom. The quantitative estimate of drug-likeness (QED) is 0.661. The second-order valence-corrected chi connectivity index (χ2v) is 4.74. The molecule has 1 aromatic rings. The van der Waals surface area contributed by atoms with Crippen LogP contribution in [-0.4, -0.2) is 4.92 Å². The molecule has 0 radical (unpaired) electrons. The van der Waals surface area contributed by atoms with Crippen LogP contribution in [0.25, 0.3) is 0 Å². The minimum absolute atomic E-state index is 0. The standard InChI is InChI=1S/C9H12N2O2S.ClH/c10-9(6-2-1-3-6)7-4-5-8(14-7)11(12)13;/h4-6,9H,1-3,10H2;1H/t9-;/m1./s1. The van der Waals surface area contributed by atoms with Crippen molar-refractivity contribution in [1.82, 2.24) is 0 Å². The molecule has 0 aromatic carbocycles. The van der Waals surface area contributed by atoms with Gasteiger partial charge < -0.3 is 5.73 Å². The van der Waals surface area contributed by atoms with Crippen LogP contribution >= 0.6 is 23.7 Å². The smallest absolute Gasteiger partial charge is 0.323 e. The van der Waals surface area contributed by atoms with Crippen molar-refractivity contribution in [2.45, 2.75) is 25.3 Å². The van der Waals surface area contributed by atoms with Crippen LogP contribution in [0.1, 0.15) is 30.2 Å². The Kier molecular flexibility index (Phi) is 4.07. The monoisotopic (exact) mass is 248 g/mol. The van der Waals surface area contributed by atoms with E-state index in [9.17, 15) is 10.1 Å². The SMILES string of the molecule is Cl.N[C@@H](c1ccc([N+](=O)[O-])s1)C1CCC1. The van der Waals surface area contributed by atoms with Crippen LogP contribution in [0.2, 0.25) is 0 Å². The van der Waals surface area contributed by atoms with E-state index in [0.717, 1.165) is 17.7 Å². The van der Waals surface area contributed by atoms with Crippen LogP contribution in [-0.2, 0) is 0 Å². The molecule has 2 rings (SSSR count). The maximum Gasteiger partial charge on any atom is 0.324 e. The molecule has 15 heavy (non-hydrogen) atoms. The lowest BCUT2D eigenvalue weighted by Gasteiger charge is -2.30. The fourth-order valence-electron chi connectivity index (χ4n) is 1.65. The van der Waals surface area contributed by atoms with Gasteiger partial charge in [-0.25, -0.2) is 0 Å². The Balaban J connectivity index is 0.00000112. The van der Waals surface area contributed by atoms with Gasteiger partial charge in [0.15, 0.2) is 0 Å². The average Bonchev–Trinajstić information content (AvgIpc) is 2.48. The molecule has 1 heterocycles. The van der Waals surface area contributed by atoms with Gasteiger partial charge in [0.2, 0.25) is 0 Å². The summed E-state index contributed by atoms with van der Waals surface area (Å²) in [6, 6.07) is 3.33. The van der Waals surface area contributed by atoms with Crippen LogP contribution < -0.4 is 5.73 Å². The van der Waals surface area contributed by atoms with Gasteiger partial charge in [0.05, 0.1) is 4.92 Å². The van der Waals surface area contributed by atoms with Crippen molar-refractivity contribution in [2.75, 3.05) is 0 Å². The number of halogens is 1. The van der Waals surface area contributed by atoms with Gasteiger partial charge in [-0.3, -0.25) is 10.1 Å². The highest BCUT2D eigenvalue weighted by Gasteiger charge is 2.27. The summed E-state index contributed by atoms with van der Waals surface area (Å²) in [7, 11) is 0. The lowest BCUT2D eigenvalue weighted by molar-refractivity contribution is -0.380. The van der Waals surface area contributed by atoms with Crippen molar-refractivity contribution in [3.8, 4) is 0 Å². The van der Waals surface area contributed by atoms with Gasteiger partial charge in [0, 0.05) is 17.0 Å². The largest absolute Gasteiger partial charge is 0.324 e. The van der Waals surface area contributed by atoms with E-state index in [0.29, 0.717) is 5.92 Å². The third kappa shape index (κ3) is 2.48. The molecule has 84 valence electrons. The summed E-state index contributed by atoms with van der Waals surface area (Å²) in [5.41, 5.74) is 6.00. The zero-order valence-electron chi connectivity index (χ0n) is 8.09. The molecule has 1 aromatic heterocycles. The van der Waals surface area contributed by atoms with E-state index in [2.05, 4.69) is 0 Å². The fraction of sp³-hybridized carbons (Fsp3) is 0.556. The minimum Gasteiger partial charge on any atom is -0.323 e. The number of hydrogen-bond acceptors (Lipinski definition) is 4. The third-order valence-corrected chi connectivity index (χ3v) is 3.92. The van der Waals surface area contributed by atoms with Crippen molar-refractivity contribution in [3.63, 3.8) is 0 Å². The van der Waals surface area contributed by atoms with Crippen molar-refractivity contribution in [3.05, 3.63) is 27.1 Å². The van der Waals surface area contributed by atoms with E-state index >= 15 is 0 Å². The Hall–Kier alpha value is -0.650. The second-order valence-electron chi connectivity index (χ2n) is 3.65. The molecule has 4 nitrogen and oxygen atoms in total. The topological polar surface area (TPSA) is 69.2 Å². The summed E-state index contributed by atoms with van der Waals surface area (Å²) >= 11 is 1.20. The Morgan fingerprint density at radius 2 is 2.20 bits per heavy atom. The van der Waals surface area contributed by atoms with Gasteiger partial charge in [0.1, 0.15) is 0 Å². The molecule has 6 heteroatoms. The predicted molar refractivity (Wildman–Crippen MR) is 62.5 cm³/mol. The third-order valence-electron chi connectivity index (χ3n) is 2.78. The van der Waals surface area contributed by atoms with Crippen molar-refractivity contribution in [2.24, 2.45) is 11.7 Å². The van der Waals surface area contributed by atoms with E-state index in [1.807, 2.05) is 0 Å². The van der Waals surface area contributed by atoms with Crippen LogP contribution in [0.5, 0.6) is 0 Å². The number of nitro groups is 1. The molecule has 1 atom stereocenters. The van der Waals surface area contributed by atoms with Gasteiger partial charge in [-0.05, 0) is 24.8 Å². The van der Waals surface area contributed by atoms with Gasteiger partial charge in [-0.1, -0.05) is 17.8 Å². The van der Waals surface area contributed by atoms with Gasteiger partial charge >= 0.3 is 5.00 Å². The molecule has 1 aliphatic rings. The predicted octanol–water partition coefficient (Wildman–Crippen LogP) is 2.88. The number of hydrogen-bond donors (Lipinski definition) is 1. The van der Waals surface area contributed by atoms with Crippen molar-refractivity contribution in [1.29, 1.82) is 0 Å². The van der Waals surface area contributed by atoms with Crippen LogP contribution in [0.15, 0.2) is 12.1 Å². The molecule has 0 aliphatic heterocycles. The highest BCUT2D eigenvalue weighted by Crippen LogP contribution is 2.39. The van der Waals surface area contributed by atoms with Gasteiger partial charge in [-0.2, -0.15) is 0 Å². The summed E-state index contributed by atoms with van der Waals surface area (Å²) in [5, 5.41) is 10.7. The summed E-state index contributed by atoms with van der Waals surface area (Å²) in [5.74, 6) is 0.535.